The highest BCUT2D eigenvalue weighted by atomic mass is 19.1. The number of para-hydroxylation sites is 2. The molecular weight excluding hydrogens is 379 g/mol. The third-order valence-corrected chi connectivity index (χ3v) is 6.15. The van der Waals surface area contributed by atoms with E-state index < -0.39 is 6.67 Å². The fourth-order valence-electron chi connectivity index (χ4n) is 4.47. The lowest BCUT2D eigenvalue weighted by Gasteiger charge is -2.36. The molecule has 4 rings (SSSR count). The average molecular weight is 411 g/mol. The quantitative estimate of drug-likeness (QED) is 0.528. The summed E-state index contributed by atoms with van der Waals surface area (Å²) in [6.07, 6.45) is 2.08. The van der Waals surface area contributed by atoms with Crippen LogP contribution in [-0.2, 0) is 19.8 Å². The average Bonchev–Trinajstić information content (AvgIpc) is 3.07. The van der Waals surface area contributed by atoms with Crippen molar-refractivity contribution in [2.75, 3.05) is 37.6 Å². The molecule has 1 aromatic heterocycles. The third-order valence-electron chi connectivity index (χ3n) is 6.15. The van der Waals surface area contributed by atoms with Gasteiger partial charge in [0, 0.05) is 45.0 Å². The number of nitrogens with zero attached hydrogens (tertiary/aromatic N) is 4. The van der Waals surface area contributed by atoms with E-state index in [9.17, 15) is 9.18 Å². The predicted octanol–water partition coefficient (Wildman–Crippen LogP) is 3.89. The molecule has 0 bridgehead atoms. The normalized spacial score (nSPS) is 15.2. The van der Waals surface area contributed by atoms with Crippen molar-refractivity contribution in [1.29, 1.82) is 0 Å². The van der Waals surface area contributed by atoms with Crippen LogP contribution in [0.4, 0.5) is 10.1 Å². The highest BCUT2D eigenvalue weighted by Crippen LogP contribution is 2.19. The largest absolute Gasteiger partial charge is 0.369 e. The smallest absolute Gasteiger partial charge is 0.329 e. The number of anilines is 1. The molecule has 3 aromatic rings. The second-order valence-electron chi connectivity index (χ2n) is 8.01. The number of imidazole rings is 1. The van der Waals surface area contributed by atoms with E-state index >= 15 is 0 Å². The Bertz CT molecular complexity index is 1030. The van der Waals surface area contributed by atoms with Gasteiger partial charge in [0.05, 0.1) is 11.0 Å². The molecule has 0 radical (unpaired) electrons. The van der Waals surface area contributed by atoms with Crippen molar-refractivity contribution in [2.45, 2.75) is 39.5 Å². The van der Waals surface area contributed by atoms with Crippen LogP contribution >= 0.6 is 0 Å². The van der Waals surface area contributed by atoms with Crippen LogP contribution in [0.3, 0.4) is 0 Å². The summed E-state index contributed by atoms with van der Waals surface area (Å²) in [6, 6.07) is 15.9. The van der Waals surface area contributed by atoms with Gasteiger partial charge in [-0.3, -0.25) is 14.0 Å². The molecule has 1 saturated heterocycles. The van der Waals surface area contributed by atoms with Gasteiger partial charge in [-0.25, -0.2) is 9.18 Å². The zero-order valence-corrected chi connectivity index (χ0v) is 17.8. The highest BCUT2D eigenvalue weighted by molar-refractivity contribution is 5.75. The van der Waals surface area contributed by atoms with Gasteiger partial charge in [-0.2, -0.15) is 0 Å². The van der Waals surface area contributed by atoms with Crippen molar-refractivity contribution in [3.05, 3.63) is 64.6 Å². The number of benzene rings is 2. The van der Waals surface area contributed by atoms with Gasteiger partial charge in [0.25, 0.3) is 0 Å². The highest BCUT2D eigenvalue weighted by Gasteiger charge is 2.17. The van der Waals surface area contributed by atoms with Gasteiger partial charge in [0.2, 0.25) is 0 Å². The second kappa shape index (κ2) is 9.47. The number of fused-ring (bicyclic) bond motifs is 1. The van der Waals surface area contributed by atoms with Gasteiger partial charge < -0.3 is 4.90 Å². The van der Waals surface area contributed by atoms with Crippen LogP contribution in [0.25, 0.3) is 11.0 Å². The number of alkyl halides is 1. The van der Waals surface area contributed by atoms with E-state index in [4.69, 9.17) is 0 Å². The van der Waals surface area contributed by atoms with Crippen molar-refractivity contribution in [1.82, 2.24) is 14.0 Å². The molecule has 1 fully saturated rings. The Morgan fingerprint density at radius 2 is 1.57 bits per heavy atom. The summed E-state index contributed by atoms with van der Waals surface area (Å²) in [5.41, 5.74) is 4.03. The molecular formula is C24H31FN4O. The molecule has 1 aliphatic heterocycles. The number of aromatic nitrogens is 2. The lowest BCUT2D eigenvalue weighted by atomic mass is 10.2. The van der Waals surface area contributed by atoms with Crippen molar-refractivity contribution in [2.24, 2.45) is 0 Å². The number of hydrogen-bond acceptors (Lipinski definition) is 3. The van der Waals surface area contributed by atoms with Crippen molar-refractivity contribution in [3.8, 4) is 0 Å². The first-order chi connectivity index (χ1) is 14.7. The molecule has 2 aromatic carbocycles. The number of hydrogen-bond donors (Lipinski definition) is 0. The van der Waals surface area contributed by atoms with E-state index in [2.05, 4.69) is 15.9 Å². The van der Waals surface area contributed by atoms with Crippen molar-refractivity contribution < 1.29 is 4.39 Å². The molecule has 0 N–H and O–H groups in total. The van der Waals surface area contributed by atoms with E-state index in [0.717, 1.165) is 74.4 Å². The summed E-state index contributed by atoms with van der Waals surface area (Å²) in [5, 5.41) is 0. The van der Waals surface area contributed by atoms with Gasteiger partial charge in [0.15, 0.2) is 0 Å². The summed E-state index contributed by atoms with van der Waals surface area (Å²) in [5.74, 6) is 0. The van der Waals surface area contributed by atoms with Crippen LogP contribution in [-0.4, -0.2) is 46.8 Å². The van der Waals surface area contributed by atoms with Gasteiger partial charge in [-0.1, -0.05) is 24.3 Å². The maximum absolute atomic E-state index is 12.9. The predicted molar refractivity (Wildman–Crippen MR) is 121 cm³/mol. The fourth-order valence-corrected chi connectivity index (χ4v) is 4.47. The Kier molecular flexibility index (Phi) is 6.53. The first-order valence-corrected chi connectivity index (χ1v) is 11.0. The molecule has 2 heterocycles. The van der Waals surface area contributed by atoms with Crippen molar-refractivity contribution >= 4 is 16.7 Å². The number of rotatable bonds is 8. The summed E-state index contributed by atoms with van der Waals surface area (Å²) >= 11 is 0. The van der Waals surface area contributed by atoms with Crippen LogP contribution in [0.2, 0.25) is 0 Å². The van der Waals surface area contributed by atoms with Gasteiger partial charge in [0.1, 0.15) is 6.67 Å². The SMILES string of the molecule is CCn1c(=O)n(CCCCN2CCN(c3cccc(CF)c3)CC2)c2ccccc21. The molecule has 0 amide bonds. The zero-order valence-electron chi connectivity index (χ0n) is 17.8. The van der Waals surface area contributed by atoms with Crippen LogP contribution in [0.15, 0.2) is 53.3 Å². The van der Waals surface area contributed by atoms with Crippen LogP contribution < -0.4 is 10.6 Å². The molecule has 0 aliphatic carbocycles. The zero-order chi connectivity index (χ0) is 20.9. The summed E-state index contributed by atoms with van der Waals surface area (Å²) < 4.78 is 16.7. The van der Waals surface area contributed by atoms with Crippen LogP contribution in [0, 0.1) is 0 Å². The van der Waals surface area contributed by atoms with E-state index in [-0.39, 0.29) is 5.69 Å². The Hall–Kier alpha value is -2.60. The lowest BCUT2D eigenvalue weighted by Crippen LogP contribution is -2.46. The summed E-state index contributed by atoms with van der Waals surface area (Å²) in [7, 11) is 0. The minimum Gasteiger partial charge on any atom is -0.369 e. The van der Waals surface area contributed by atoms with E-state index in [0.29, 0.717) is 6.54 Å². The topological polar surface area (TPSA) is 33.4 Å². The summed E-state index contributed by atoms with van der Waals surface area (Å²) in [4.78, 5) is 17.6. The Balaban J connectivity index is 1.27. The Morgan fingerprint density at radius 1 is 0.867 bits per heavy atom. The minimum atomic E-state index is -0.409. The number of unbranched alkanes of at least 4 members (excludes halogenated alkanes) is 1. The summed E-state index contributed by atoms with van der Waals surface area (Å²) in [6.45, 7) is 8.12. The van der Waals surface area contributed by atoms with Gasteiger partial charge in [-0.05, 0) is 56.1 Å². The van der Waals surface area contributed by atoms with Crippen LogP contribution in [0.1, 0.15) is 25.3 Å². The lowest BCUT2D eigenvalue weighted by molar-refractivity contribution is 0.251. The van der Waals surface area contributed by atoms with E-state index in [1.54, 1.807) is 0 Å². The first kappa shape index (κ1) is 20.7. The molecule has 0 saturated carbocycles. The standard InChI is InChI=1S/C24H31FN4O/c1-2-28-22-10-3-4-11-23(22)29(24(28)30)13-6-5-12-26-14-16-27(17-15-26)21-9-7-8-20(18-21)19-25/h3-4,7-11,18H,2,5-6,12-17,19H2,1H3. The molecule has 5 nitrogen and oxygen atoms in total. The minimum absolute atomic E-state index is 0.0998. The van der Waals surface area contributed by atoms with Gasteiger partial charge >= 0.3 is 5.69 Å². The van der Waals surface area contributed by atoms with Crippen molar-refractivity contribution in [3.63, 3.8) is 0 Å². The molecule has 0 spiro atoms. The third kappa shape index (κ3) is 4.29. The molecule has 160 valence electrons. The monoisotopic (exact) mass is 410 g/mol. The maximum Gasteiger partial charge on any atom is 0.329 e. The molecule has 0 atom stereocenters. The number of piperazine rings is 1. The van der Waals surface area contributed by atoms with E-state index in [1.807, 2.05) is 58.5 Å². The fraction of sp³-hybridized carbons (Fsp3) is 0.458. The van der Waals surface area contributed by atoms with Gasteiger partial charge in [-0.15, -0.1) is 0 Å². The number of aryl methyl sites for hydroxylation is 2. The molecule has 1 aliphatic rings. The Labute approximate surface area is 177 Å². The molecule has 6 heteroatoms. The second-order valence-corrected chi connectivity index (χ2v) is 8.01. The molecule has 30 heavy (non-hydrogen) atoms. The Morgan fingerprint density at radius 3 is 2.27 bits per heavy atom. The first-order valence-electron chi connectivity index (χ1n) is 11.0. The van der Waals surface area contributed by atoms with E-state index in [1.165, 1.54) is 0 Å². The number of halogens is 1. The maximum atomic E-state index is 12.9. The van der Waals surface area contributed by atoms with Crippen LogP contribution in [0.5, 0.6) is 0 Å². The molecule has 0 unspecified atom stereocenters.